The Balaban J connectivity index is 1.53. The number of nitrogens with zero attached hydrogens (tertiary/aromatic N) is 2. The van der Waals surface area contributed by atoms with E-state index in [2.05, 4.69) is 22.2 Å². The third-order valence-electron chi connectivity index (χ3n) is 6.08. The lowest BCUT2D eigenvalue weighted by Crippen LogP contribution is -2.39. The molecule has 1 N–H and O–H groups in total. The van der Waals surface area contributed by atoms with Crippen LogP contribution < -0.4 is 5.32 Å². The fourth-order valence-corrected chi connectivity index (χ4v) is 4.34. The smallest absolute Gasteiger partial charge is 0.228 e. The molecule has 0 aliphatic carbocycles. The summed E-state index contributed by atoms with van der Waals surface area (Å²) in [4.78, 5) is 29.1. The van der Waals surface area contributed by atoms with Crippen molar-refractivity contribution in [3.63, 3.8) is 0 Å². The van der Waals surface area contributed by atoms with Gasteiger partial charge in [0, 0.05) is 24.8 Å². The zero-order chi connectivity index (χ0) is 21.1. The quantitative estimate of drug-likeness (QED) is 0.757. The zero-order valence-corrected chi connectivity index (χ0v) is 17.4. The number of rotatable bonds is 6. The van der Waals surface area contributed by atoms with Crippen molar-refractivity contribution in [3.05, 3.63) is 64.7 Å². The summed E-state index contributed by atoms with van der Waals surface area (Å²) in [6, 6.07) is 13.7. The van der Waals surface area contributed by atoms with Gasteiger partial charge < -0.3 is 15.1 Å². The van der Waals surface area contributed by atoms with Crippen LogP contribution in [0.3, 0.4) is 0 Å². The van der Waals surface area contributed by atoms with Gasteiger partial charge in [0.05, 0.1) is 18.9 Å². The zero-order valence-electron chi connectivity index (χ0n) is 17.4. The van der Waals surface area contributed by atoms with Gasteiger partial charge in [0.1, 0.15) is 0 Å². The van der Waals surface area contributed by atoms with Gasteiger partial charge in [0.15, 0.2) is 0 Å². The van der Waals surface area contributed by atoms with Crippen molar-refractivity contribution in [1.29, 1.82) is 0 Å². The lowest BCUT2D eigenvalue weighted by atomic mass is 10.0. The molecular weight excluding hydrogens is 374 g/mol. The molecule has 5 heteroatoms. The number of likely N-dealkylation sites (N-methyl/N-ethyl adjacent to an activating group) is 1. The van der Waals surface area contributed by atoms with E-state index in [1.165, 1.54) is 12.8 Å². The molecule has 154 valence electrons. The summed E-state index contributed by atoms with van der Waals surface area (Å²) < 4.78 is 0. The number of hydrogen-bond acceptors (Lipinski definition) is 3. The first-order valence-corrected chi connectivity index (χ1v) is 10.5. The highest BCUT2D eigenvalue weighted by molar-refractivity contribution is 5.99. The Labute approximate surface area is 178 Å². The van der Waals surface area contributed by atoms with E-state index in [0.29, 0.717) is 12.8 Å². The Morgan fingerprint density at radius 2 is 2.03 bits per heavy atom. The van der Waals surface area contributed by atoms with Gasteiger partial charge in [0.25, 0.3) is 0 Å². The molecule has 5 nitrogen and oxygen atoms in total. The lowest BCUT2D eigenvalue weighted by molar-refractivity contribution is -0.131. The number of carbonyl (C=O) groups excluding carboxylic acids is 2. The van der Waals surface area contributed by atoms with Crippen LogP contribution in [-0.4, -0.2) is 48.3 Å². The maximum absolute atomic E-state index is 13.2. The van der Waals surface area contributed by atoms with Crippen molar-refractivity contribution in [1.82, 2.24) is 9.80 Å². The maximum atomic E-state index is 13.2. The van der Waals surface area contributed by atoms with E-state index in [0.717, 1.165) is 47.6 Å². The lowest BCUT2D eigenvalue weighted by Gasteiger charge is -2.32. The Kier molecular flexibility index (Phi) is 5.87. The van der Waals surface area contributed by atoms with E-state index >= 15 is 0 Å². The minimum Gasteiger partial charge on any atom is -0.337 e. The van der Waals surface area contributed by atoms with Crippen LogP contribution in [0.1, 0.15) is 41.1 Å². The van der Waals surface area contributed by atoms with Gasteiger partial charge in [-0.2, -0.15) is 0 Å². The molecule has 1 fully saturated rings. The van der Waals surface area contributed by atoms with Gasteiger partial charge in [-0.3, -0.25) is 9.59 Å². The number of benzene rings is 2. The van der Waals surface area contributed by atoms with Crippen LogP contribution in [0.4, 0.5) is 5.69 Å². The van der Waals surface area contributed by atoms with Crippen LogP contribution in [0.25, 0.3) is 0 Å². The summed E-state index contributed by atoms with van der Waals surface area (Å²) in [6.45, 7) is 2.94. The number of likely N-dealkylation sites (tertiary alicyclic amines) is 1. The van der Waals surface area contributed by atoms with E-state index in [1.807, 2.05) is 48.3 Å². The highest BCUT2D eigenvalue weighted by Gasteiger charge is 2.26. The molecule has 1 saturated heterocycles. The average molecular weight is 402 g/mol. The van der Waals surface area contributed by atoms with Gasteiger partial charge in [0.2, 0.25) is 11.8 Å². The Hall–Kier alpha value is -3.10. The molecule has 2 aliphatic rings. The van der Waals surface area contributed by atoms with Crippen LogP contribution in [0.2, 0.25) is 0 Å². The molecule has 2 aromatic carbocycles. The van der Waals surface area contributed by atoms with Crippen molar-refractivity contribution in [2.45, 2.75) is 31.7 Å². The maximum Gasteiger partial charge on any atom is 0.228 e. The molecule has 0 saturated carbocycles. The second-order valence-corrected chi connectivity index (χ2v) is 8.19. The first kappa shape index (κ1) is 20.2. The molecule has 2 heterocycles. The predicted molar refractivity (Wildman–Crippen MR) is 118 cm³/mol. The van der Waals surface area contributed by atoms with Crippen LogP contribution in [0, 0.1) is 12.3 Å². The molecule has 2 amide bonds. The number of anilines is 1. The second-order valence-electron chi connectivity index (χ2n) is 8.19. The van der Waals surface area contributed by atoms with E-state index in [-0.39, 0.29) is 17.9 Å². The number of fused-ring (bicyclic) bond motifs is 1. The summed E-state index contributed by atoms with van der Waals surface area (Å²) in [5, 5.41) is 2.86. The topological polar surface area (TPSA) is 52.6 Å². The molecule has 2 aliphatic heterocycles. The fourth-order valence-electron chi connectivity index (χ4n) is 4.34. The third-order valence-corrected chi connectivity index (χ3v) is 6.08. The summed E-state index contributed by atoms with van der Waals surface area (Å²) in [5.41, 5.74) is 4.61. The summed E-state index contributed by atoms with van der Waals surface area (Å²) in [6.07, 6.45) is 8.72. The number of amides is 2. The van der Waals surface area contributed by atoms with E-state index in [1.54, 1.807) is 0 Å². The normalized spacial score (nSPS) is 16.6. The van der Waals surface area contributed by atoms with Gasteiger partial charge in [-0.05, 0) is 60.8 Å². The molecule has 0 aromatic heterocycles. The highest BCUT2D eigenvalue weighted by Crippen LogP contribution is 2.27. The first-order valence-electron chi connectivity index (χ1n) is 10.5. The molecule has 0 spiro atoms. The number of hydrogen-bond donors (Lipinski definition) is 1. The number of terminal acetylenes is 1. The van der Waals surface area contributed by atoms with Crippen molar-refractivity contribution >= 4 is 17.5 Å². The van der Waals surface area contributed by atoms with E-state index in [4.69, 9.17) is 6.42 Å². The van der Waals surface area contributed by atoms with Crippen LogP contribution in [0.15, 0.2) is 42.5 Å². The number of nitrogens with one attached hydrogen (secondary N) is 1. The Morgan fingerprint density at radius 3 is 2.80 bits per heavy atom. The molecular formula is C25H27N3O2. The van der Waals surface area contributed by atoms with Gasteiger partial charge in [-0.15, -0.1) is 6.42 Å². The fraction of sp³-hybridized carbons (Fsp3) is 0.360. The largest absolute Gasteiger partial charge is 0.337 e. The highest BCUT2D eigenvalue weighted by atomic mass is 16.2. The predicted octanol–water partition coefficient (Wildman–Crippen LogP) is 3.00. The standard InChI is InChI=1S/C25H27N3O2/c1-3-18-7-6-8-21(13-18)23(17-28-11-4-5-12-28)27(2)25(30)15-19-9-10-20-16-24(29)26-22(20)14-19/h1,6-10,13-14,23H,4-5,11-12,15-17H2,2H3,(H,26,29). The van der Waals surface area contributed by atoms with Crippen molar-refractivity contribution < 1.29 is 9.59 Å². The second kappa shape index (κ2) is 8.73. The molecule has 1 atom stereocenters. The minimum absolute atomic E-state index is 0.00432. The minimum atomic E-state index is -0.0574. The first-order chi connectivity index (χ1) is 14.5. The van der Waals surface area contributed by atoms with Crippen molar-refractivity contribution in [3.8, 4) is 12.3 Å². The van der Waals surface area contributed by atoms with Crippen molar-refractivity contribution in [2.24, 2.45) is 0 Å². The molecule has 2 aromatic rings. The molecule has 0 bridgehead atoms. The monoisotopic (exact) mass is 401 g/mol. The number of carbonyl (C=O) groups is 2. The Bertz CT molecular complexity index is 1000. The summed E-state index contributed by atoms with van der Waals surface area (Å²) >= 11 is 0. The van der Waals surface area contributed by atoms with Gasteiger partial charge in [-0.25, -0.2) is 0 Å². The molecule has 30 heavy (non-hydrogen) atoms. The molecule has 4 rings (SSSR count). The third kappa shape index (κ3) is 4.39. The average Bonchev–Trinajstić information content (AvgIpc) is 3.39. The van der Waals surface area contributed by atoms with Crippen LogP contribution in [0.5, 0.6) is 0 Å². The molecule has 1 unspecified atom stereocenters. The summed E-state index contributed by atoms with van der Waals surface area (Å²) in [5.74, 6) is 2.75. The van der Waals surface area contributed by atoms with Crippen LogP contribution in [-0.2, 0) is 22.4 Å². The summed E-state index contributed by atoms with van der Waals surface area (Å²) in [7, 11) is 1.88. The molecule has 0 radical (unpaired) electrons. The van der Waals surface area contributed by atoms with E-state index < -0.39 is 0 Å². The van der Waals surface area contributed by atoms with Gasteiger partial charge in [-0.1, -0.05) is 30.2 Å². The van der Waals surface area contributed by atoms with Crippen molar-refractivity contribution in [2.75, 3.05) is 32.0 Å². The van der Waals surface area contributed by atoms with Crippen LogP contribution >= 0.6 is 0 Å². The van der Waals surface area contributed by atoms with Gasteiger partial charge >= 0.3 is 0 Å². The SMILES string of the molecule is C#Cc1cccc(C(CN2CCCC2)N(C)C(=O)Cc2ccc3c(c2)NC(=O)C3)c1. The Morgan fingerprint density at radius 1 is 1.23 bits per heavy atom. The van der Waals surface area contributed by atoms with E-state index in [9.17, 15) is 9.59 Å².